The molecule has 1 aliphatic carbocycles. The zero-order valence-corrected chi connectivity index (χ0v) is 13.1. The van der Waals surface area contributed by atoms with Gasteiger partial charge in [0.2, 0.25) is 0 Å². The number of ether oxygens (including phenoxy) is 2. The van der Waals surface area contributed by atoms with Gasteiger partial charge in [0.1, 0.15) is 0 Å². The van der Waals surface area contributed by atoms with Gasteiger partial charge >= 0.3 is 0 Å². The fourth-order valence-corrected chi connectivity index (χ4v) is 4.37. The van der Waals surface area contributed by atoms with Crippen LogP contribution in [0.3, 0.4) is 0 Å². The van der Waals surface area contributed by atoms with Crippen LogP contribution in [0.2, 0.25) is 0 Å². The first-order valence-corrected chi connectivity index (χ1v) is 8.40. The fourth-order valence-electron chi connectivity index (χ4n) is 4.37. The van der Waals surface area contributed by atoms with Crippen LogP contribution >= 0.6 is 0 Å². The number of aliphatic hydroxyl groups excluding tert-OH is 1. The molecule has 3 atom stereocenters. The van der Waals surface area contributed by atoms with Gasteiger partial charge in [0.05, 0.1) is 18.3 Å². The molecule has 0 aromatic heterocycles. The Morgan fingerprint density at radius 1 is 1.00 bits per heavy atom. The van der Waals surface area contributed by atoms with E-state index in [1.54, 1.807) is 0 Å². The van der Waals surface area contributed by atoms with Crippen LogP contribution in [0, 0.1) is 17.3 Å². The van der Waals surface area contributed by atoms with Crippen LogP contribution in [0.25, 0.3) is 0 Å². The highest BCUT2D eigenvalue weighted by Gasteiger charge is 2.44. The number of hydrogen-bond acceptors (Lipinski definition) is 3. The minimum atomic E-state index is -0.132. The Morgan fingerprint density at radius 3 is 2.40 bits per heavy atom. The summed E-state index contributed by atoms with van der Waals surface area (Å²) in [6, 6.07) is 0. The number of rotatable bonds is 2. The van der Waals surface area contributed by atoms with Gasteiger partial charge in [0.25, 0.3) is 0 Å². The Morgan fingerprint density at radius 2 is 1.75 bits per heavy atom. The standard InChI is InChI=1S/C17H30O3/c1-16(2)6-3-13(4-7-16)15(18)14-5-9-20-17(11-14)8-10-19-12-17/h13-15,18H,3-12H2,1-2H3. The van der Waals surface area contributed by atoms with Gasteiger partial charge in [-0.1, -0.05) is 13.8 Å². The van der Waals surface area contributed by atoms with E-state index in [2.05, 4.69) is 13.8 Å². The van der Waals surface area contributed by atoms with E-state index in [4.69, 9.17) is 9.47 Å². The van der Waals surface area contributed by atoms with Gasteiger partial charge in [-0.15, -0.1) is 0 Å². The van der Waals surface area contributed by atoms with E-state index in [0.29, 0.717) is 17.3 Å². The lowest BCUT2D eigenvalue weighted by Crippen LogP contribution is -2.45. The van der Waals surface area contributed by atoms with Crippen molar-refractivity contribution in [1.82, 2.24) is 0 Å². The van der Waals surface area contributed by atoms with Gasteiger partial charge in [0, 0.05) is 19.6 Å². The molecule has 20 heavy (non-hydrogen) atoms. The second-order valence-electron chi connectivity index (χ2n) is 8.08. The van der Waals surface area contributed by atoms with Crippen molar-refractivity contribution in [2.45, 2.75) is 70.5 Å². The first-order valence-electron chi connectivity index (χ1n) is 8.40. The summed E-state index contributed by atoms with van der Waals surface area (Å²) >= 11 is 0. The van der Waals surface area contributed by atoms with Gasteiger partial charge in [-0.05, 0) is 55.8 Å². The van der Waals surface area contributed by atoms with E-state index >= 15 is 0 Å². The zero-order valence-electron chi connectivity index (χ0n) is 13.1. The predicted octanol–water partition coefficient (Wildman–Crippen LogP) is 3.15. The minimum Gasteiger partial charge on any atom is -0.393 e. The molecule has 1 saturated carbocycles. The monoisotopic (exact) mass is 282 g/mol. The molecule has 1 spiro atoms. The highest BCUT2D eigenvalue weighted by molar-refractivity contribution is 4.94. The lowest BCUT2D eigenvalue weighted by molar-refractivity contribution is -0.126. The fraction of sp³-hybridized carbons (Fsp3) is 1.00. The summed E-state index contributed by atoms with van der Waals surface area (Å²) in [5.41, 5.74) is 0.407. The Bertz CT molecular complexity index is 323. The maximum absolute atomic E-state index is 10.8. The van der Waals surface area contributed by atoms with Crippen molar-refractivity contribution in [1.29, 1.82) is 0 Å². The quantitative estimate of drug-likeness (QED) is 0.845. The molecule has 3 unspecified atom stereocenters. The van der Waals surface area contributed by atoms with Gasteiger partial charge in [-0.3, -0.25) is 0 Å². The van der Waals surface area contributed by atoms with Crippen molar-refractivity contribution in [2.24, 2.45) is 17.3 Å². The highest BCUT2D eigenvalue weighted by Crippen LogP contribution is 2.44. The van der Waals surface area contributed by atoms with Crippen molar-refractivity contribution in [2.75, 3.05) is 19.8 Å². The summed E-state index contributed by atoms with van der Waals surface area (Å²) in [6.45, 7) is 7.06. The zero-order chi connectivity index (χ0) is 14.2. The van der Waals surface area contributed by atoms with E-state index in [1.165, 1.54) is 25.7 Å². The first-order chi connectivity index (χ1) is 9.50. The SMILES string of the molecule is CC1(C)CCC(C(O)C2CCOC3(CCOC3)C2)CC1. The summed E-state index contributed by atoms with van der Waals surface area (Å²) in [4.78, 5) is 0. The molecular formula is C17H30O3. The third-order valence-corrected chi connectivity index (χ3v) is 5.95. The van der Waals surface area contributed by atoms with Crippen LogP contribution in [0.5, 0.6) is 0 Å². The van der Waals surface area contributed by atoms with Crippen molar-refractivity contribution >= 4 is 0 Å². The molecule has 3 rings (SSSR count). The molecule has 3 heteroatoms. The van der Waals surface area contributed by atoms with Gasteiger partial charge < -0.3 is 14.6 Å². The lowest BCUT2D eigenvalue weighted by Gasteiger charge is -2.43. The van der Waals surface area contributed by atoms with Crippen molar-refractivity contribution in [3.05, 3.63) is 0 Å². The summed E-state index contributed by atoms with van der Waals surface area (Å²) < 4.78 is 11.5. The van der Waals surface area contributed by atoms with Crippen LogP contribution in [0.4, 0.5) is 0 Å². The van der Waals surface area contributed by atoms with E-state index in [-0.39, 0.29) is 11.7 Å². The van der Waals surface area contributed by atoms with E-state index in [9.17, 15) is 5.11 Å². The third kappa shape index (κ3) is 3.05. The molecular weight excluding hydrogens is 252 g/mol. The van der Waals surface area contributed by atoms with E-state index in [1.807, 2.05) is 0 Å². The van der Waals surface area contributed by atoms with Crippen molar-refractivity contribution in [3.63, 3.8) is 0 Å². The average molecular weight is 282 g/mol. The summed E-state index contributed by atoms with van der Waals surface area (Å²) in [5, 5.41) is 10.8. The molecule has 0 aromatic rings. The van der Waals surface area contributed by atoms with Gasteiger partial charge in [-0.25, -0.2) is 0 Å². The van der Waals surface area contributed by atoms with Crippen LogP contribution in [-0.4, -0.2) is 36.6 Å². The summed E-state index contributed by atoms with van der Waals surface area (Å²) in [7, 11) is 0. The van der Waals surface area contributed by atoms with Crippen molar-refractivity contribution < 1.29 is 14.6 Å². The molecule has 3 aliphatic rings. The summed E-state index contributed by atoms with van der Waals surface area (Å²) in [5.74, 6) is 0.919. The molecule has 2 heterocycles. The predicted molar refractivity (Wildman–Crippen MR) is 78.6 cm³/mol. The number of hydrogen-bond donors (Lipinski definition) is 1. The van der Waals surface area contributed by atoms with E-state index < -0.39 is 0 Å². The Labute approximate surface area is 123 Å². The topological polar surface area (TPSA) is 38.7 Å². The molecule has 0 aromatic carbocycles. The Balaban J connectivity index is 1.58. The van der Waals surface area contributed by atoms with Crippen LogP contribution < -0.4 is 0 Å². The molecule has 0 radical (unpaired) electrons. The summed E-state index contributed by atoms with van der Waals surface area (Å²) in [6.07, 6.45) is 7.78. The normalized spacial score (nSPS) is 40.0. The first kappa shape index (κ1) is 14.8. The maximum atomic E-state index is 10.8. The van der Waals surface area contributed by atoms with Gasteiger partial charge in [-0.2, -0.15) is 0 Å². The molecule has 0 bridgehead atoms. The molecule has 116 valence electrons. The number of aliphatic hydroxyl groups is 1. The molecule has 2 saturated heterocycles. The second kappa shape index (κ2) is 5.58. The van der Waals surface area contributed by atoms with Gasteiger partial charge in [0.15, 0.2) is 0 Å². The molecule has 3 fully saturated rings. The molecule has 2 aliphatic heterocycles. The highest BCUT2D eigenvalue weighted by atomic mass is 16.6. The van der Waals surface area contributed by atoms with Crippen LogP contribution in [0.15, 0.2) is 0 Å². The molecule has 0 amide bonds. The van der Waals surface area contributed by atoms with E-state index in [0.717, 1.165) is 39.1 Å². The second-order valence-corrected chi connectivity index (χ2v) is 8.08. The van der Waals surface area contributed by atoms with Crippen molar-refractivity contribution in [3.8, 4) is 0 Å². The molecule has 3 nitrogen and oxygen atoms in total. The third-order valence-electron chi connectivity index (χ3n) is 5.95. The molecule has 1 N–H and O–H groups in total. The Kier molecular flexibility index (Phi) is 4.13. The lowest BCUT2D eigenvalue weighted by atomic mass is 9.68. The van der Waals surface area contributed by atoms with Crippen LogP contribution in [-0.2, 0) is 9.47 Å². The Hall–Kier alpha value is -0.120. The van der Waals surface area contributed by atoms with Crippen LogP contribution in [0.1, 0.15) is 58.8 Å². The maximum Gasteiger partial charge on any atom is 0.0940 e. The average Bonchev–Trinajstić information content (AvgIpc) is 2.86. The largest absolute Gasteiger partial charge is 0.393 e. The smallest absolute Gasteiger partial charge is 0.0940 e. The minimum absolute atomic E-state index is 0.0716.